The number of hydrogen-bond acceptors (Lipinski definition) is 5. The van der Waals surface area contributed by atoms with Crippen LogP contribution in [-0.2, 0) is 6.42 Å². The maximum absolute atomic E-state index is 13.1. The Bertz CT molecular complexity index is 1260. The Kier molecular flexibility index (Phi) is 5.95. The Labute approximate surface area is 191 Å². The Balaban J connectivity index is 1.37. The van der Waals surface area contributed by atoms with E-state index < -0.39 is 0 Å². The number of nitrogens with zero attached hydrogens (tertiary/aromatic N) is 3. The second-order valence-corrected chi connectivity index (χ2v) is 9.17. The molecule has 5 rings (SSSR count). The number of aromatic amines is 1. The third-order valence-corrected chi connectivity index (χ3v) is 7.02. The van der Waals surface area contributed by atoms with Gasteiger partial charge in [-0.15, -0.1) is 11.8 Å². The molecule has 0 aliphatic carbocycles. The molecule has 0 unspecified atom stereocenters. The lowest BCUT2D eigenvalue weighted by molar-refractivity contribution is 0.400. The van der Waals surface area contributed by atoms with Gasteiger partial charge in [-0.2, -0.15) is 4.98 Å². The predicted molar refractivity (Wildman–Crippen MR) is 132 cm³/mol. The molecule has 162 valence electrons. The fourth-order valence-corrected chi connectivity index (χ4v) is 4.92. The molecule has 1 fully saturated rings. The highest BCUT2D eigenvalue weighted by molar-refractivity contribution is 7.98. The van der Waals surface area contributed by atoms with Gasteiger partial charge in [0, 0.05) is 24.2 Å². The molecule has 0 bridgehead atoms. The van der Waals surface area contributed by atoms with Crippen molar-refractivity contribution in [2.24, 2.45) is 5.92 Å². The minimum absolute atomic E-state index is 0.131. The number of aromatic nitrogens is 3. The van der Waals surface area contributed by atoms with Gasteiger partial charge in [-0.1, -0.05) is 42.5 Å². The van der Waals surface area contributed by atoms with Crippen molar-refractivity contribution < 1.29 is 0 Å². The number of H-pyrrole nitrogens is 1. The van der Waals surface area contributed by atoms with Gasteiger partial charge >= 0.3 is 0 Å². The first-order valence-electron chi connectivity index (χ1n) is 11.0. The van der Waals surface area contributed by atoms with Crippen LogP contribution in [0.15, 0.2) is 76.6 Å². The third-order valence-electron chi connectivity index (χ3n) is 6.28. The molecule has 1 aliphatic rings. The molecule has 0 amide bonds. The number of piperidine rings is 1. The van der Waals surface area contributed by atoms with E-state index in [9.17, 15) is 4.79 Å². The molecule has 4 aromatic rings. The highest BCUT2D eigenvalue weighted by atomic mass is 32.2. The monoisotopic (exact) mass is 442 g/mol. The van der Waals surface area contributed by atoms with Crippen molar-refractivity contribution >= 4 is 28.7 Å². The number of benzene rings is 2. The van der Waals surface area contributed by atoms with Gasteiger partial charge in [0.1, 0.15) is 0 Å². The topological polar surface area (TPSA) is 61.9 Å². The van der Waals surface area contributed by atoms with Crippen LogP contribution in [-0.4, -0.2) is 34.3 Å². The summed E-state index contributed by atoms with van der Waals surface area (Å²) in [5, 5.41) is 0.548. The van der Waals surface area contributed by atoms with Gasteiger partial charge < -0.3 is 4.90 Å². The Hall–Kier alpha value is -3.12. The molecule has 2 aromatic carbocycles. The van der Waals surface area contributed by atoms with Gasteiger partial charge in [-0.3, -0.25) is 9.78 Å². The summed E-state index contributed by atoms with van der Waals surface area (Å²) < 4.78 is 0. The smallest absolute Gasteiger partial charge is 0.262 e. The second-order valence-electron chi connectivity index (χ2n) is 8.30. The Morgan fingerprint density at radius 3 is 2.50 bits per heavy atom. The molecule has 1 N–H and O–H groups in total. The number of fused-ring (bicyclic) bond motifs is 1. The molecule has 0 spiro atoms. The summed E-state index contributed by atoms with van der Waals surface area (Å²) in [6.07, 6.45) is 7.08. The van der Waals surface area contributed by atoms with Crippen LogP contribution in [0, 0.1) is 5.92 Å². The summed E-state index contributed by atoms with van der Waals surface area (Å²) in [5.41, 5.74) is 3.63. The van der Waals surface area contributed by atoms with E-state index in [0.717, 1.165) is 43.5 Å². The SMILES string of the molecule is CSc1ccc(-c2ccnc3nc(N4CCC(Cc5ccccc5)CC4)[nH]c(=O)c23)cc1. The number of rotatable bonds is 5. The normalized spacial score (nSPS) is 14.7. The van der Waals surface area contributed by atoms with Crippen molar-refractivity contribution in [2.75, 3.05) is 24.2 Å². The molecule has 0 radical (unpaired) electrons. The lowest BCUT2D eigenvalue weighted by Crippen LogP contribution is -2.36. The van der Waals surface area contributed by atoms with Crippen LogP contribution in [0.1, 0.15) is 18.4 Å². The highest BCUT2D eigenvalue weighted by Gasteiger charge is 2.22. The summed E-state index contributed by atoms with van der Waals surface area (Å²) >= 11 is 1.70. The average molecular weight is 443 g/mol. The third kappa shape index (κ3) is 4.28. The van der Waals surface area contributed by atoms with E-state index in [2.05, 4.69) is 63.6 Å². The van der Waals surface area contributed by atoms with Crippen LogP contribution in [0.2, 0.25) is 0 Å². The number of hydrogen-bond donors (Lipinski definition) is 1. The summed E-state index contributed by atoms with van der Waals surface area (Å²) in [6.45, 7) is 1.78. The maximum Gasteiger partial charge on any atom is 0.262 e. The molecule has 0 atom stereocenters. The zero-order chi connectivity index (χ0) is 21.9. The molecular formula is C26H26N4OS. The predicted octanol–water partition coefficient (Wildman–Crippen LogP) is 5.17. The molecule has 1 saturated heterocycles. The summed E-state index contributed by atoms with van der Waals surface area (Å²) in [4.78, 5) is 28.7. The molecule has 0 saturated carbocycles. The fourth-order valence-electron chi connectivity index (χ4n) is 4.51. The van der Waals surface area contributed by atoms with Crippen LogP contribution in [0.5, 0.6) is 0 Å². The van der Waals surface area contributed by atoms with Crippen molar-refractivity contribution in [3.05, 3.63) is 82.8 Å². The number of nitrogens with one attached hydrogen (secondary N) is 1. The first-order valence-corrected chi connectivity index (χ1v) is 12.3. The van der Waals surface area contributed by atoms with Gasteiger partial charge in [-0.25, -0.2) is 4.98 Å². The summed E-state index contributed by atoms with van der Waals surface area (Å²) in [6, 6.07) is 20.8. The minimum atomic E-state index is -0.131. The van der Waals surface area contributed by atoms with Gasteiger partial charge in [0.2, 0.25) is 5.95 Å². The number of thioether (sulfide) groups is 1. The Morgan fingerprint density at radius 1 is 1.03 bits per heavy atom. The first kappa shape index (κ1) is 20.8. The van der Waals surface area contributed by atoms with E-state index >= 15 is 0 Å². The van der Waals surface area contributed by atoms with Crippen LogP contribution in [0.25, 0.3) is 22.2 Å². The van der Waals surface area contributed by atoms with Crippen molar-refractivity contribution in [1.82, 2.24) is 15.0 Å². The van der Waals surface area contributed by atoms with E-state index in [-0.39, 0.29) is 5.56 Å². The number of anilines is 1. The quantitative estimate of drug-likeness (QED) is 0.432. The zero-order valence-corrected chi connectivity index (χ0v) is 18.9. The zero-order valence-electron chi connectivity index (χ0n) is 18.1. The molecule has 32 heavy (non-hydrogen) atoms. The lowest BCUT2D eigenvalue weighted by Gasteiger charge is -2.32. The second kappa shape index (κ2) is 9.17. The van der Waals surface area contributed by atoms with E-state index in [1.807, 2.05) is 18.2 Å². The molecule has 2 aromatic heterocycles. The molecule has 5 nitrogen and oxygen atoms in total. The van der Waals surface area contributed by atoms with Crippen molar-refractivity contribution in [1.29, 1.82) is 0 Å². The number of pyridine rings is 1. The van der Waals surface area contributed by atoms with Crippen LogP contribution in [0.3, 0.4) is 0 Å². The molecule has 6 heteroatoms. The summed E-state index contributed by atoms with van der Waals surface area (Å²) in [7, 11) is 0. The van der Waals surface area contributed by atoms with E-state index in [1.54, 1.807) is 18.0 Å². The van der Waals surface area contributed by atoms with Crippen molar-refractivity contribution in [3.8, 4) is 11.1 Å². The van der Waals surface area contributed by atoms with E-state index in [4.69, 9.17) is 4.98 Å². The summed E-state index contributed by atoms with van der Waals surface area (Å²) in [5.74, 6) is 1.29. The van der Waals surface area contributed by atoms with E-state index in [1.165, 1.54) is 10.5 Å². The van der Waals surface area contributed by atoms with Crippen molar-refractivity contribution in [3.63, 3.8) is 0 Å². The molecule has 3 heterocycles. The minimum Gasteiger partial charge on any atom is -0.342 e. The van der Waals surface area contributed by atoms with Crippen LogP contribution >= 0.6 is 11.8 Å². The van der Waals surface area contributed by atoms with Gasteiger partial charge in [-0.05, 0) is 66.3 Å². The van der Waals surface area contributed by atoms with Gasteiger partial charge in [0.05, 0.1) is 5.39 Å². The molecule has 1 aliphatic heterocycles. The standard InChI is InChI=1S/C26H26N4OS/c1-32-21-9-7-20(8-10-21)22-11-14-27-24-23(22)25(31)29-26(28-24)30-15-12-19(13-16-30)17-18-5-3-2-4-6-18/h2-11,14,19H,12-13,15-17H2,1H3,(H,27,28,29,31). The Morgan fingerprint density at radius 2 is 1.78 bits per heavy atom. The van der Waals surface area contributed by atoms with Gasteiger partial charge in [0.15, 0.2) is 5.65 Å². The largest absolute Gasteiger partial charge is 0.342 e. The first-order chi connectivity index (χ1) is 15.7. The lowest BCUT2D eigenvalue weighted by atomic mass is 9.90. The molecular weight excluding hydrogens is 416 g/mol. The highest BCUT2D eigenvalue weighted by Crippen LogP contribution is 2.28. The van der Waals surface area contributed by atoms with Crippen molar-refractivity contribution in [2.45, 2.75) is 24.2 Å². The average Bonchev–Trinajstić information content (AvgIpc) is 2.85. The van der Waals surface area contributed by atoms with Crippen LogP contribution < -0.4 is 10.5 Å². The van der Waals surface area contributed by atoms with Gasteiger partial charge in [0.25, 0.3) is 5.56 Å². The maximum atomic E-state index is 13.1. The fraction of sp³-hybridized carbons (Fsp3) is 0.269. The van der Waals surface area contributed by atoms with E-state index in [0.29, 0.717) is 22.9 Å². The van der Waals surface area contributed by atoms with Crippen LogP contribution in [0.4, 0.5) is 5.95 Å².